The third kappa shape index (κ3) is 2.56. The standard InChI is InChI=1S/C16H13N3O2S/c1-21-14-5-3-2-4-13(14)19-15(20)12(18-16(19)22)10-11-6-8-17-9-7-11/h2-10H,1H3,(H,18,22)/b12-10+. The van der Waals surface area contributed by atoms with Gasteiger partial charge in [0.25, 0.3) is 5.91 Å². The van der Waals surface area contributed by atoms with Crippen LogP contribution in [0.1, 0.15) is 5.56 Å². The summed E-state index contributed by atoms with van der Waals surface area (Å²) in [6.07, 6.45) is 5.08. The molecule has 0 unspecified atom stereocenters. The van der Waals surface area contributed by atoms with E-state index in [0.29, 0.717) is 22.2 Å². The van der Waals surface area contributed by atoms with Crippen LogP contribution in [-0.2, 0) is 4.79 Å². The Morgan fingerprint density at radius 3 is 2.68 bits per heavy atom. The number of pyridine rings is 1. The van der Waals surface area contributed by atoms with Crippen LogP contribution in [0.15, 0.2) is 54.5 Å². The van der Waals surface area contributed by atoms with Crippen LogP contribution in [0.5, 0.6) is 5.75 Å². The van der Waals surface area contributed by atoms with Crippen LogP contribution in [0.3, 0.4) is 0 Å². The molecule has 1 fully saturated rings. The number of hydrogen-bond acceptors (Lipinski definition) is 4. The number of thiocarbonyl (C=S) groups is 1. The summed E-state index contributed by atoms with van der Waals surface area (Å²) in [5, 5.41) is 3.27. The number of methoxy groups -OCH3 is 1. The number of carbonyl (C=O) groups is 1. The van der Waals surface area contributed by atoms with Crippen molar-refractivity contribution in [3.05, 3.63) is 60.1 Å². The summed E-state index contributed by atoms with van der Waals surface area (Å²) < 4.78 is 5.30. The van der Waals surface area contributed by atoms with Gasteiger partial charge in [-0.3, -0.25) is 9.78 Å². The topological polar surface area (TPSA) is 54.5 Å². The average molecular weight is 311 g/mol. The quantitative estimate of drug-likeness (QED) is 0.696. The fourth-order valence-electron chi connectivity index (χ4n) is 2.19. The predicted octanol–water partition coefficient (Wildman–Crippen LogP) is 2.35. The van der Waals surface area contributed by atoms with Crippen LogP contribution in [0.4, 0.5) is 5.69 Å². The lowest BCUT2D eigenvalue weighted by atomic mass is 10.2. The molecule has 22 heavy (non-hydrogen) atoms. The van der Waals surface area contributed by atoms with Crippen LogP contribution in [0, 0.1) is 0 Å². The molecular formula is C16H13N3O2S. The lowest BCUT2D eigenvalue weighted by Gasteiger charge is -2.17. The summed E-state index contributed by atoms with van der Waals surface area (Å²) in [7, 11) is 1.56. The maximum atomic E-state index is 12.6. The van der Waals surface area contributed by atoms with E-state index in [1.165, 1.54) is 4.90 Å². The summed E-state index contributed by atoms with van der Waals surface area (Å²) in [6.45, 7) is 0. The van der Waals surface area contributed by atoms with Gasteiger partial charge < -0.3 is 10.1 Å². The molecule has 0 saturated carbocycles. The second kappa shape index (κ2) is 5.95. The van der Waals surface area contributed by atoms with E-state index in [1.54, 1.807) is 37.7 Å². The molecule has 0 bridgehead atoms. The maximum absolute atomic E-state index is 12.6. The van der Waals surface area contributed by atoms with Crippen molar-refractivity contribution in [1.82, 2.24) is 10.3 Å². The molecule has 1 aliphatic rings. The van der Waals surface area contributed by atoms with Crippen molar-refractivity contribution in [3.8, 4) is 5.75 Å². The molecule has 2 heterocycles. The number of carbonyl (C=O) groups excluding carboxylic acids is 1. The molecule has 1 saturated heterocycles. The molecule has 1 aromatic carbocycles. The molecule has 2 aromatic rings. The highest BCUT2D eigenvalue weighted by Crippen LogP contribution is 2.31. The smallest absolute Gasteiger partial charge is 0.281 e. The van der Waals surface area contributed by atoms with Crippen molar-refractivity contribution in [2.24, 2.45) is 0 Å². The molecule has 3 rings (SSSR count). The van der Waals surface area contributed by atoms with Gasteiger partial charge in [0.2, 0.25) is 0 Å². The summed E-state index contributed by atoms with van der Waals surface area (Å²) >= 11 is 5.29. The molecule has 0 radical (unpaired) electrons. The van der Waals surface area contributed by atoms with Gasteiger partial charge in [0.1, 0.15) is 11.4 Å². The predicted molar refractivity (Wildman–Crippen MR) is 88.4 cm³/mol. The van der Waals surface area contributed by atoms with Crippen molar-refractivity contribution < 1.29 is 9.53 Å². The number of benzene rings is 1. The zero-order valence-corrected chi connectivity index (χ0v) is 12.6. The highest BCUT2D eigenvalue weighted by molar-refractivity contribution is 7.80. The number of nitrogens with one attached hydrogen (secondary N) is 1. The largest absolute Gasteiger partial charge is 0.495 e. The maximum Gasteiger partial charge on any atom is 0.281 e. The molecule has 1 aliphatic heterocycles. The first-order valence-corrected chi connectivity index (χ1v) is 7.01. The van der Waals surface area contributed by atoms with E-state index in [-0.39, 0.29) is 5.91 Å². The van der Waals surface area contributed by atoms with E-state index in [9.17, 15) is 4.79 Å². The van der Waals surface area contributed by atoms with Gasteiger partial charge in [0, 0.05) is 12.4 Å². The molecule has 6 heteroatoms. The van der Waals surface area contributed by atoms with Crippen LogP contribution < -0.4 is 15.0 Å². The normalized spacial score (nSPS) is 16.0. The Bertz CT molecular complexity index is 759. The first-order valence-electron chi connectivity index (χ1n) is 6.61. The first-order chi connectivity index (χ1) is 10.7. The number of amides is 1. The molecule has 1 aromatic heterocycles. The molecule has 1 amide bonds. The molecule has 0 spiro atoms. The van der Waals surface area contributed by atoms with E-state index in [1.807, 2.05) is 24.3 Å². The van der Waals surface area contributed by atoms with Crippen molar-refractivity contribution in [1.29, 1.82) is 0 Å². The zero-order valence-electron chi connectivity index (χ0n) is 11.8. The van der Waals surface area contributed by atoms with E-state index in [0.717, 1.165) is 5.56 Å². The fraction of sp³-hybridized carbons (Fsp3) is 0.0625. The minimum absolute atomic E-state index is 0.216. The Hall–Kier alpha value is -2.73. The monoisotopic (exact) mass is 311 g/mol. The van der Waals surface area contributed by atoms with E-state index in [4.69, 9.17) is 17.0 Å². The lowest BCUT2D eigenvalue weighted by molar-refractivity contribution is -0.113. The number of rotatable bonds is 3. The fourth-order valence-corrected chi connectivity index (χ4v) is 2.49. The number of para-hydroxylation sites is 2. The second-order valence-corrected chi connectivity index (χ2v) is 4.97. The van der Waals surface area contributed by atoms with Crippen LogP contribution in [0.2, 0.25) is 0 Å². The van der Waals surface area contributed by atoms with Gasteiger partial charge in [-0.2, -0.15) is 0 Å². The average Bonchev–Trinajstić information content (AvgIpc) is 2.82. The lowest BCUT2D eigenvalue weighted by Crippen LogP contribution is -2.30. The summed E-state index contributed by atoms with van der Waals surface area (Å²) in [5.41, 5.74) is 1.91. The number of hydrogen-bond donors (Lipinski definition) is 1. The Labute approximate surface area is 133 Å². The van der Waals surface area contributed by atoms with Gasteiger partial charge in [-0.15, -0.1) is 0 Å². The van der Waals surface area contributed by atoms with E-state index < -0.39 is 0 Å². The number of nitrogens with zero attached hydrogens (tertiary/aromatic N) is 2. The first kappa shape index (κ1) is 14.2. The van der Waals surface area contributed by atoms with Gasteiger partial charge in [-0.25, -0.2) is 4.90 Å². The van der Waals surface area contributed by atoms with Crippen LogP contribution in [-0.4, -0.2) is 23.1 Å². The second-order valence-electron chi connectivity index (χ2n) is 4.58. The molecule has 0 aliphatic carbocycles. The Morgan fingerprint density at radius 2 is 1.95 bits per heavy atom. The molecule has 1 N–H and O–H groups in total. The van der Waals surface area contributed by atoms with Crippen LogP contribution >= 0.6 is 12.2 Å². The third-order valence-corrected chi connectivity index (χ3v) is 3.51. The number of aromatic nitrogens is 1. The Balaban J connectivity index is 1.97. The summed E-state index contributed by atoms with van der Waals surface area (Å²) in [4.78, 5) is 18.0. The summed E-state index contributed by atoms with van der Waals surface area (Å²) in [6, 6.07) is 10.9. The van der Waals surface area contributed by atoms with Crippen molar-refractivity contribution >= 4 is 35.0 Å². The van der Waals surface area contributed by atoms with Gasteiger partial charge in [0.05, 0.1) is 12.8 Å². The minimum atomic E-state index is -0.216. The van der Waals surface area contributed by atoms with E-state index >= 15 is 0 Å². The number of anilines is 1. The number of ether oxygens (including phenoxy) is 1. The van der Waals surface area contributed by atoms with Crippen molar-refractivity contribution in [2.45, 2.75) is 0 Å². The molecule has 110 valence electrons. The SMILES string of the molecule is COc1ccccc1N1C(=O)/C(=C\c2ccncc2)NC1=S. The Morgan fingerprint density at radius 1 is 1.23 bits per heavy atom. The molecule has 0 atom stereocenters. The van der Waals surface area contributed by atoms with Gasteiger partial charge in [-0.05, 0) is 48.1 Å². The molecule has 5 nitrogen and oxygen atoms in total. The Kier molecular flexibility index (Phi) is 3.84. The zero-order chi connectivity index (χ0) is 15.5. The molecular weight excluding hydrogens is 298 g/mol. The third-order valence-electron chi connectivity index (χ3n) is 3.22. The van der Waals surface area contributed by atoms with Crippen LogP contribution in [0.25, 0.3) is 6.08 Å². The highest BCUT2D eigenvalue weighted by atomic mass is 32.1. The minimum Gasteiger partial charge on any atom is -0.495 e. The van der Waals surface area contributed by atoms with Gasteiger partial charge in [0.15, 0.2) is 5.11 Å². The van der Waals surface area contributed by atoms with E-state index in [2.05, 4.69) is 10.3 Å². The summed E-state index contributed by atoms with van der Waals surface area (Å²) in [5.74, 6) is 0.372. The van der Waals surface area contributed by atoms with Gasteiger partial charge >= 0.3 is 0 Å². The van der Waals surface area contributed by atoms with Gasteiger partial charge in [-0.1, -0.05) is 12.1 Å². The highest BCUT2D eigenvalue weighted by Gasteiger charge is 2.33. The van der Waals surface area contributed by atoms with Crippen molar-refractivity contribution in [2.75, 3.05) is 12.0 Å². The van der Waals surface area contributed by atoms with Crippen molar-refractivity contribution in [3.63, 3.8) is 0 Å².